The molecule has 0 unspecified atom stereocenters. The van der Waals surface area contributed by atoms with E-state index in [2.05, 4.69) is 29.2 Å². The Labute approximate surface area is 168 Å². The molecular weight excluding hydrogens is 378 g/mol. The van der Waals surface area contributed by atoms with Crippen molar-refractivity contribution >= 4 is 23.0 Å². The molecule has 0 atom stereocenters. The molecule has 3 rings (SSSR count). The van der Waals surface area contributed by atoms with Crippen LogP contribution in [0.15, 0.2) is 53.3 Å². The summed E-state index contributed by atoms with van der Waals surface area (Å²) < 4.78 is 31.7. The quantitative estimate of drug-likeness (QED) is 0.593. The Bertz CT molecular complexity index is 994. The van der Waals surface area contributed by atoms with E-state index >= 15 is 0 Å². The Kier molecular flexibility index (Phi) is 6.49. The molecule has 0 aliphatic rings. The van der Waals surface area contributed by atoms with Crippen molar-refractivity contribution in [2.75, 3.05) is 20.6 Å². The third-order valence-corrected chi connectivity index (χ3v) is 5.34. The number of fused-ring (bicyclic) bond motifs is 1. The van der Waals surface area contributed by atoms with Crippen LogP contribution >= 0.6 is 11.9 Å². The number of aromatic nitrogens is 2. The molecule has 0 saturated heterocycles. The van der Waals surface area contributed by atoms with Gasteiger partial charge in [-0.25, -0.2) is 8.78 Å². The number of pyridine rings is 1. The Morgan fingerprint density at radius 2 is 2.00 bits per heavy atom. The van der Waals surface area contributed by atoms with E-state index in [1.807, 2.05) is 25.3 Å². The lowest BCUT2D eigenvalue weighted by molar-refractivity contribution is 0.553. The highest BCUT2D eigenvalue weighted by Gasteiger charge is 2.17. The fourth-order valence-corrected chi connectivity index (χ4v) is 3.90. The second-order valence-corrected chi connectivity index (χ2v) is 8.17. The molecule has 0 radical (unpaired) electrons. The van der Waals surface area contributed by atoms with Crippen LogP contribution in [-0.4, -0.2) is 34.5 Å². The number of nitrogens with zero attached hydrogens (tertiary/aromatic N) is 3. The zero-order valence-electron chi connectivity index (χ0n) is 16.2. The first kappa shape index (κ1) is 20.5. The first-order valence-electron chi connectivity index (χ1n) is 9.01. The van der Waals surface area contributed by atoms with Crippen LogP contribution in [-0.2, 0) is 13.0 Å². The molecule has 0 bridgehead atoms. The van der Waals surface area contributed by atoms with Crippen LogP contribution in [0.1, 0.15) is 16.8 Å². The molecule has 28 heavy (non-hydrogen) atoms. The largest absolute Gasteiger partial charge is 0.336 e. The maximum Gasteiger partial charge on any atom is 0.143 e. The Balaban J connectivity index is 1.99. The summed E-state index contributed by atoms with van der Waals surface area (Å²) in [4.78, 5) is 5.45. The summed E-state index contributed by atoms with van der Waals surface area (Å²) in [6, 6.07) is 9.71. The number of benzene rings is 1. The highest BCUT2D eigenvalue weighted by Crippen LogP contribution is 2.29. The lowest BCUT2D eigenvalue weighted by atomic mass is 10.0. The molecule has 7 heteroatoms. The molecule has 0 spiro atoms. The van der Waals surface area contributed by atoms with Gasteiger partial charge in [-0.1, -0.05) is 12.1 Å². The highest BCUT2D eigenvalue weighted by molar-refractivity contribution is 7.97. The van der Waals surface area contributed by atoms with E-state index in [-0.39, 0.29) is 18.9 Å². The zero-order chi connectivity index (χ0) is 20.3. The molecule has 0 aliphatic heterocycles. The summed E-state index contributed by atoms with van der Waals surface area (Å²) in [5.41, 5.74) is 9.67. The van der Waals surface area contributed by atoms with Crippen LogP contribution in [0.25, 0.3) is 11.0 Å². The fraction of sp³-hybridized carbons (Fsp3) is 0.286. The number of halogens is 2. The van der Waals surface area contributed by atoms with Gasteiger partial charge in [-0.15, -0.1) is 0 Å². The van der Waals surface area contributed by atoms with E-state index < -0.39 is 5.82 Å². The average molecular weight is 403 g/mol. The first-order valence-corrected chi connectivity index (χ1v) is 9.78. The number of rotatable bonds is 7. The number of allylic oxidation sites excluding steroid dienone is 1. The van der Waals surface area contributed by atoms with Crippen LogP contribution in [0.4, 0.5) is 8.78 Å². The summed E-state index contributed by atoms with van der Waals surface area (Å²) in [7, 11) is 4.00. The van der Waals surface area contributed by atoms with Crippen molar-refractivity contribution in [3.05, 3.63) is 71.1 Å². The zero-order valence-corrected chi connectivity index (χ0v) is 17.1. The molecule has 0 fully saturated rings. The van der Waals surface area contributed by atoms with Gasteiger partial charge in [-0.05, 0) is 56.7 Å². The van der Waals surface area contributed by atoms with Gasteiger partial charge in [0.15, 0.2) is 0 Å². The topological polar surface area (TPSA) is 47.1 Å². The van der Waals surface area contributed by atoms with Crippen molar-refractivity contribution < 1.29 is 8.78 Å². The standard InChI is InChI=1S/C21H24F2N4S/c1-14-19(10-15-4-6-18(7-5-15)28-26(2)3)21-20(11-17(23)12-25-21)27(14)13-16(22)8-9-24/h4-8,11-12H,9-10,13,24H2,1-3H3/b16-8-. The van der Waals surface area contributed by atoms with Gasteiger partial charge in [0.05, 0.1) is 23.8 Å². The SMILES string of the molecule is Cc1c(Cc2ccc(SN(C)C)cc2)c2ncc(F)cc2n1C/C(F)=C/CN. The third-order valence-electron chi connectivity index (χ3n) is 4.49. The van der Waals surface area contributed by atoms with E-state index in [9.17, 15) is 8.78 Å². The number of nitrogens with two attached hydrogens (primary N) is 1. The molecule has 3 aromatic rings. The van der Waals surface area contributed by atoms with E-state index in [1.54, 1.807) is 16.5 Å². The van der Waals surface area contributed by atoms with Gasteiger partial charge >= 0.3 is 0 Å². The summed E-state index contributed by atoms with van der Waals surface area (Å²) in [5.74, 6) is -0.783. The number of hydrogen-bond donors (Lipinski definition) is 1. The molecule has 4 nitrogen and oxygen atoms in total. The Morgan fingerprint density at radius 1 is 1.29 bits per heavy atom. The van der Waals surface area contributed by atoms with Gasteiger partial charge < -0.3 is 10.3 Å². The van der Waals surface area contributed by atoms with Gasteiger partial charge in [0, 0.05) is 35.2 Å². The fourth-order valence-electron chi connectivity index (χ4n) is 3.22. The van der Waals surface area contributed by atoms with Crippen LogP contribution < -0.4 is 5.73 Å². The van der Waals surface area contributed by atoms with Crippen LogP contribution in [0.5, 0.6) is 0 Å². The maximum absolute atomic E-state index is 14.1. The van der Waals surface area contributed by atoms with Gasteiger partial charge in [-0.2, -0.15) is 0 Å². The van der Waals surface area contributed by atoms with Crippen LogP contribution in [0.2, 0.25) is 0 Å². The summed E-state index contributed by atoms with van der Waals surface area (Å²) in [5, 5.41) is 0. The summed E-state index contributed by atoms with van der Waals surface area (Å²) in [6.45, 7) is 2.06. The second kappa shape index (κ2) is 8.86. The molecule has 0 amide bonds. The van der Waals surface area contributed by atoms with Gasteiger partial charge in [0.1, 0.15) is 11.6 Å². The molecule has 2 N–H and O–H groups in total. The van der Waals surface area contributed by atoms with Crippen molar-refractivity contribution in [3.8, 4) is 0 Å². The summed E-state index contributed by atoms with van der Waals surface area (Å²) in [6.07, 6.45) is 3.18. The highest BCUT2D eigenvalue weighted by atomic mass is 32.2. The van der Waals surface area contributed by atoms with Crippen molar-refractivity contribution in [2.45, 2.75) is 24.8 Å². The van der Waals surface area contributed by atoms with Crippen LogP contribution in [0, 0.1) is 12.7 Å². The van der Waals surface area contributed by atoms with E-state index in [0.717, 1.165) is 21.7 Å². The summed E-state index contributed by atoms with van der Waals surface area (Å²) >= 11 is 1.65. The van der Waals surface area contributed by atoms with Crippen molar-refractivity contribution in [2.24, 2.45) is 5.73 Å². The van der Waals surface area contributed by atoms with E-state index in [0.29, 0.717) is 17.5 Å². The van der Waals surface area contributed by atoms with Gasteiger partial charge in [-0.3, -0.25) is 9.29 Å². The Hall–Kier alpha value is -2.22. The van der Waals surface area contributed by atoms with Crippen molar-refractivity contribution in [1.29, 1.82) is 0 Å². The Morgan fingerprint density at radius 3 is 2.64 bits per heavy atom. The normalized spacial score (nSPS) is 12.3. The van der Waals surface area contributed by atoms with E-state index in [4.69, 9.17) is 5.73 Å². The monoisotopic (exact) mass is 402 g/mol. The third kappa shape index (κ3) is 4.60. The smallest absolute Gasteiger partial charge is 0.143 e. The molecular formula is C21H24F2N4S. The second-order valence-electron chi connectivity index (χ2n) is 6.78. The molecule has 1 aromatic carbocycles. The molecule has 0 saturated carbocycles. The number of hydrogen-bond acceptors (Lipinski definition) is 4. The van der Waals surface area contributed by atoms with Gasteiger partial charge in [0.2, 0.25) is 0 Å². The van der Waals surface area contributed by atoms with Crippen molar-refractivity contribution in [3.63, 3.8) is 0 Å². The van der Waals surface area contributed by atoms with Crippen LogP contribution in [0.3, 0.4) is 0 Å². The minimum absolute atomic E-state index is 0.0169. The first-order chi connectivity index (χ1) is 13.4. The van der Waals surface area contributed by atoms with Crippen molar-refractivity contribution in [1.82, 2.24) is 13.9 Å². The minimum Gasteiger partial charge on any atom is -0.336 e. The maximum atomic E-state index is 14.1. The lowest BCUT2D eigenvalue weighted by Gasteiger charge is -2.09. The molecule has 0 aliphatic carbocycles. The molecule has 2 aromatic heterocycles. The molecule has 2 heterocycles. The predicted octanol–water partition coefficient (Wildman–Crippen LogP) is 4.46. The minimum atomic E-state index is -0.439. The van der Waals surface area contributed by atoms with Gasteiger partial charge in [0.25, 0.3) is 0 Å². The lowest BCUT2D eigenvalue weighted by Crippen LogP contribution is -2.04. The van der Waals surface area contributed by atoms with E-state index in [1.165, 1.54) is 18.3 Å². The predicted molar refractivity (Wildman–Crippen MR) is 111 cm³/mol. The average Bonchev–Trinajstić information content (AvgIpc) is 2.88. The molecule has 148 valence electrons.